The van der Waals surface area contributed by atoms with Crippen molar-refractivity contribution in [2.75, 3.05) is 6.61 Å². The molecule has 0 aromatic rings. The molecule has 2 aliphatic heterocycles. The average Bonchev–Trinajstić information content (AvgIpc) is 3.15. The Morgan fingerprint density at radius 3 is 2.45 bits per heavy atom. The zero-order chi connectivity index (χ0) is 20.0. The molecule has 4 saturated carbocycles. The van der Waals surface area contributed by atoms with Crippen molar-refractivity contribution in [3.05, 3.63) is 0 Å². The smallest absolute Gasteiger partial charge is 0.171 e. The van der Waals surface area contributed by atoms with Gasteiger partial charge in [-0.15, -0.1) is 0 Å². The van der Waals surface area contributed by atoms with Crippen LogP contribution in [0.25, 0.3) is 0 Å². The number of ether oxygens (including phenoxy) is 2. The first-order valence-electron chi connectivity index (χ1n) is 13.2. The van der Waals surface area contributed by atoms with Crippen molar-refractivity contribution in [2.24, 2.45) is 52.3 Å². The highest BCUT2D eigenvalue weighted by atomic mass is 16.7. The molecule has 0 amide bonds. The molecule has 164 valence electrons. The number of fused-ring (bicyclic) bond motifs is 7. The zero-order valence-electron chi connectivity index (χ0n) is 19.4. The first-order valence-corrected chi connectivity index (χ1v) is 13.2. The van der Waals surface area contributed by atoms with E-state index in [0.29, 0.717) is 28.8 Å². The standard InChI is InChI=1S/C27H44O2/c1-17-10-14-27(28-16-17)18(2)24-23(29-27)15-22-20-9-8-19-7-5-6-12-25(19,3)21(20)11-13-26(22,24)4/h17-24H,5-16H2,1-4H3/t17?,18-,19?,20+,21-,22-,23-,24-,25-,26-,27+/m0/s1. The molecule has 0 N–H and O–H groups in total. The lowest BCUT2D eigenvalue weighted by atomic mass is 9.44. The van der Waals surface area contributed by atoms with Gasteiger partial charge in [-0.3, -0.25) is 0 Å². The lowest BCUT2D eigenvalue weighted by Gasteiger charge is -2.61. The Bertz CT molecular complexity index is 651. The maximum atomic E-state index is 6.92. The van der Waals surface area contributed by atoms with Crippen molar-refractivity contribution >= 4 is 0 Å². The highest BCUT2D eigenvalue weighted by Gasteiger charge is 2.68. The van der Waals surface area contributed by atoms with Crippen LogP contribution >= 0.6 is 0 Å². The molecule has 6 rings (SSSR count). The van der Waals surface area contributed by atoms with E-state index in [1.54, 1.807) is 0 Å². The maximum absolute atomic E-state index is 6.92. The van der Waals surface area contributed by atoms with Gasteiger partial charge < -0.3 is 9.47 Å². The van der Waals surface area contributed by atoms with Gasteiger partial charge in [0.2, 0.25) is 0 Å². The Kier molecular flexibility index (Phi) is 4.37. The van der Waals surface area contributed by atoms with Crippen LogP contribution in [0.1, 0.15) is 98.3 Å². The summed E-state index contributed by atoms with van der Waals surface area (Å²) >= 11 is 0. The Balaban J connectivity index is 1.27. The van der Waals surface area contributed by atoms with Gasteiger partial charge in [-0.25, -0.2) is 0 Å². The molecule has 6 aliphatic rings. The molecule has 2 nitrogen and oxygen atoms in total. The summed E-state index contributed by atoms with van der Waals surface area (Å²) < 4.78 is 13.4. The van der Waals surface area contributed by atoms with Gasteiger partial charge in [-0.2, -0.15) is 0 Å². The molecule has 0 aromatic heterocycles. The average molecular weight is 401 g/mol. The fourth-order valence-electron chi connectivity index (χ4n) is 10.3. The minimum atomic E-state index is -0.250. The quantitative estimate of drug-likeness (QED) is 0.444. The van der Waals surface area contributed by atoms with Crippen LogP contribution in [0.4, 0.5) is 0 Å². The van der Waals surface area contributed by atoms with Crippen LogP contribution < -0.4 is 0 Å². The Hall–Kier alpha value is -0.0800. The van der Waals surface area contributed by atoms with Gasteiger partial charge in [0.25, 0.3) is 0 Å². The first kappa shape index (κ1) is 19.6. The molecule has 4 aliphatic carbocycles. The molecule has 29 heavy (non-hydrogen) atoms. The summed E-state index contributed by atoms with van der Waals surface area (Å²) in [7, 11) is 0. The minimum Gasteiger partial charge on any atom is -0.349 e. The SMILES string of the molecule is CC1CC[C@@]2(OC1)O[C@H]1C[C@H]3[C@@H]4CCC5CCCC[C@]5(C)[C@H]4CC[C@]3(C)[C@H]1[C@@H]2C. The molecule has 0 radical (unpaired) electrons. The fraction of sp³-hybridized carbons (Fsp3) is 1.00. The summed E-state index contributed by atoms with van der Waals surface area (Å²) in [5.74, 6) is 5.62. The van der Waals surface area contributed by atoms with Crippen molar-refractivity contribution in [2.45, 2.75) is 110 Å². The monoisotopic (exact) mass is 400 g/mol. The minimum absolute atomic E-state index is 0.250. The third kappa shape index (κ3) is 2.54. The molecule has 2 unspecified atom stereocenters. The second-order valence-electron chi connectivity index (χ2n) is 12.9. The van der Waals surface area contributed by atoms with Crippen molar-refractivity contribution in [1.29, 1.82) is 0 Å². The van der Waals surface area contributed by atoms with E-state index in [1.165, 1.54) is 64.2 Å². The van der Waals surface area contributed by atoms with Crippen LogP contribution in [0, 0.1) is 52.3 Å². The van der Waals surface area contributed by atoms with E-state index >= 15 is 0 Å². The van der Waals surface area contributed by atoms with Crippen LogP contribution in [0.15, 0.2) is 0 Å². The van der Waals surface area contributed by atoms with Gasteiger partial charge in [0.1, 0.15) is 0 Å². The number of hydrogen-bond acceptors (Lipinski definition) is 2. The van der Waals surface area contributed by atoms with Crippen molar-refractivity contribution < 1.29 is 9.47 Å². The second kappa shape index (κ2) is 6.47. The third-order valence-corrected chi connectivity index (χ3v) is 11.9. The number of rotatable bonds is 0. The fourth-order valence-corrected chi connectivity index (χ4v) is 10.3. The van der Waals surface area contributed by atoms with Crippen molar-refractivity contribution in [3.63, 3.8) is 0 Å². The van der Waals surface area contributed by atoms with Crippen LogP contribution in [0.3, 0.4) is 0 Å². The molecule has 2 heterocycles. The van der Waals surface area contributed by atoms with Crippen LogP contribution in [0.2, 0.25) is 0 Å². The van der Waals surface area contributed by atoms with E-state index in [-0.39, 0.29) is 5.79 Å². The van der Waals surface area contributed by atoms with E-state index in [4.69, 9.17) is 9.47 Å². The molecule has 2 heteroatoms. The largest absolute Gasteiger partial charge is 0.349 e. The molecule has 6 fully saturated rings. The first-order chi connectivity index (χ1) is 13.9. The molecular weight excluding hydrogens is 356 g/mol. The van der Waals surface area contributed by atoms with E-state index in [2.05, 4.69) is 27.7 Å². The molecule has 1 spiro atoms. The summed E-state index contributed by atoms with van der Waals surface area (Å²) in [6.07, 6.45) is 16.2. The number of hydrogen-bond donors (Lipinski definition) is 0. The predicted molar refractivity (Wildman–Crippen MR) is 116 cm³/mol. The van der Waals surface area contributed by atoms with E-state index in [0.717, 1.165) is 42.6 Å². The van der Waals surface area contributed by atoms with Gasteiger partial charge in [0.05, 0.1) is 12.7 Å². The normalized spacial score (nSPS) is 61.7. The van der Waals surface area contributed by atoms with Crippen LogP contribution in [-0.2, 0) is 9.47 Å². The topological polar surface area (TPSA) is 18.5 Å². The van der Waals surface area contributed by atoms with E-state index < -0.39 is 0 Å². The van der Waals surface area contributed by atoms with Gasteiger partial charge >= 0.3 is 0 Å². The lowest BCUT2D eigenvalue weighted by molar-refractivity contribution is -0.273. The summed E-state index contributed by atoms with van der Waals surface area (Å²) in [6.45, 7) is 11.1. The summed E-state index contributed by atoms with van der Waals surface area (Å²) in [5, 5.41) is 0. The van der Waals surface area contributed by atoms with Crippen LogP contribution in [-0.4, -0.2) is 18.5 Å². The summed E-state index contributed by atoms with van der Waals surface area (Å²) in [5.41, 5.74) is 1.13. The zero-order valence-corrected chi connectivity index (χ0v) is 19.4. The van der Waals surface area contributed by atoms with Crippen molar-refractivity contribution in [3.8, 4) is 0 Å². The Morgan fingerprint density at radius 1 is 0.793 bits per heavy atom. The Morgan fingerprint density at radius 2 is 1.66 bits per heavy atom. The maximum Gasteiger partial charge on any atom is 0.171 e. The van der Waals surface area contributed by atoms with E-state index in [1.807, 2.05) is 0 Å². The predicted octanol–water partition coefficient (Wildman–Crippen LogP) is 6.82. The molecule has 0 bridgehead atoms. The molecule has 11 atom stereocenters. The van der Waals surface area contributed by atoms with Gasteiger partial charge in [-0.1, -0.05) is 40.5 Å². The third-order valence-electron chi connectivity index (χ3n) is 11.9. The highest BCUT2D eigenvalue weighted by molar-refractivity contribution is 5.15. The highest BCUT2D eigenvalue weighted by Crippen LogP contribution is 2.71. The van der Waals surface area contributed by atoms with E-state index in [9.17, 15) is 0 Å². The second-order valence-corrected chi connectivity index (χ2v) is 12.9. The van der Waals surface area contributed by atoms with Crippen LogP contribution in [0.5, 0.6) is 0 Å². The molecular formula is C27H44O2. The molecule has 2 saturated heterocycles. The lowest BCUT2D eigenvalue weighted by Crippen LogP contribution is -2.54. The molecule has 0 aromatic carbocycles. The Labute approximate surface area is 178 Å². The summed E-state index contributed by atoms with van der Waals surface area (Å²) in [4.78, 5) is 0. The van der Waals surface area contributed by atoms with Crippen molar-refractivity contribution in [1.82, 2.24) is 0 Å². The van der Waals surface area contributed by atoms with Gasteiger partial charge in [-0.05, 0) is 97.7 Å². The van der Waals surface area contributed by atoms with Gasteiger partial charge in [0.15, 0.2) is 5.79 Å². The van der Waals surface area contributed by atoms with Gasteiger partial charge in [0, 0.05) is 12.3 Å². The summed E-state index contributed by atoms with van der Waals surface area (Å²) in [6, 6.07) is 0.